The van der Waals surface area contributed by atoms with Crippen LogP contribution in [0.1, 0.15) is 43.6 Å². The minimum atomic E-state index is -0.497. The van der Waals surface area contributed by atoms with E-state index in [1.54, 1.807) is 0 Å². The lowest BCUT2D eigenvalue weighted by molar-refractivity contribution is 0.101. The highest BCUT2D eigenvalue weighted by Gasteiger charge is 2.18. The van der Waals surface area contributed by atoms with Crippen molar-refractivity contribution >= 4 is 5.78 Å². The number of nitrogens with zero attached hydrogens (tertiary/aromatic N) is 1. The SMILES string of the molecule is CC(=O)c1cc(F)cc(CN(C)C(C)C(C)C)c1O. The second-order valence-electron chi connectivity index (χ2n) is 5.42. The van der Waals surface area contributed by atoms with Gasteiger partial charge in [0.2, 0.25) is 0 Å². The zero-order chi connectivity index (χ0) is 14.7. The molecule has 1 N–H and O–H groups in total. The number of phenols is 1. The third-order valence-corrected chi connectivity index (χ3v) is 3.61. The molecule has 0 bridgehead atoms. The summed E-state index contributed by atoms with van der Waals surface area (Å²) in [7, 11) is 1.92. The quantitative estimate of drug-likeness (QED) is 0.833. The van der Waals surface area contributed by atoms with Gasteiger partial charge in [-0.15, -0.1) is 0 Å². The first-order valence-electron chi connectivity index (χ1n) is 6.46. The highest BCUT2D eigenvalue weighted by Crippen LogP contribution is 2.26. The van der Waals surface area contributed by atoms with Crippen molar-refractivity contribution in [1.29, 1.82) is 0 Å². The summed E-state index contributed by atoms with van der Waals surface area (Å²) in [4.78, 5) is 13.4. The van der Waals surface area contributed by atoms with E-state index in [2.05, 4.69) is 20.8 Å². The number of rotatable bonds is 5. The molecule has 0 spiro atoms. The van der Waals surface area contributed by atoms with Crippen LogP contribution in [0.5, 0.6) is 5.75 Å². The standard InChI is InChI=1S/C15H22FNO2/c1-9(2)10(3)17(5)8-12-6-13(16)7-14(11(4)18)15(12)19/h6-7,9-10,19H,8H2,1-5H3. The van der Waals surface area contributed by atoms with E-state index in [0.717, 1.165) is 6.07 Å². The summed E-state index contributed by atoms with van der Waals surface area (Å²) in [5, 5.41) is 10.0. The van der Waals surface area contributed by atoms with Crippen LogP contribution in [0.2, 0.25) is 0 Å². The number of carbonyl (C=O) groups is 1. The van der Waals surface area contributed by atoms with Crippen molar-refractivity contribution in [3.05, 3.63) is 29.1 Å². The van der Waals surface area contributed by atoms with Crippen LogP contribution in [0, 0.1) is 11.7 Å². The van der Waals surface area contributed by atoms with E-state index in [9.17, 15) is 14.3 Å². The maximum Gasteiger partial charge on any atom is 0.163 e. The van der Waals surface area contributed by atoms with E-state index in [1.807, 2.05) is 11.9 Å². The lowest BCUT2D eigenvalue weighted by Crippen LogP contribution is -2.32. The molecule has 106 valence electrons. The van der Waals surface area contributed by atoms with Gasteiger partial charge in [-0.2, -0.15) is 0 Å². The molecule has 4 heteroatoms. The number of Topliss-reactive ketones (excluding diaryl/α,β-unsaturated/α-hetero) is 1. The summed E-state index contributed by atoms with van der Waals surface area (Å²) in [5.41, 5.74) is 0.487. The first-order valence-corrected chi connectivity index (χ1v) is 6.46. The van der Waals surface area contributed by atoms with E-state index < -0.39 is 5.82 Å². The normalized spacial score (nSPS) is 13.1. The molecule has 0 aliphatic carbocycles. The summed E-state index contributed by atoms with van der Waals surface area (Å²) in [6.45, 7) is 8.01. The van der Waals surface area contributed by atoms with E-state index >= 15 is 0 Å². The van der Waals surface area contributed by atoms with Crippen LogP contribution in [0.4, 0.5) is 4.39 Å². The molecular formula is C15H22FNO2. The van der Waals surface area contributed by atoms with Crippen molar-refractivity contribution in [3.8, 4) is 5.75 Å². The van der Waals surface area contributed by atoms with Gasteiger partial charge in [0.25, 0.3) is 0 Å². The molecule has 0 radical (unpaired) electrons. The minimum Gasteiger partial charge on any atom is -0.507 e. The summed E-state index contributed by atoms with van der Waals surface area (Å²) in [6, 6.07) is 2.65. The van der Waals surface area contributed by atoms with Crippen LogP contribution < -0.4 is 0 Å². The van der Waals surface area contributed by atoms with Gasteiger partial charge in [0.1, 0.15) is 11.6 Å². The highest BCUT2D eigenvalue weighted by molar-refractivity contribution is 5.97. The molecule has 0 fully saturated rings. The molecule has 0 amide bonds. The molecule has 0 saturated heterocycles. The maximum absolute atomic E-state index is 13.5. The van der Waals surface area contributed by atoms with Gasteiger partial charge in [-0.25, -0.2) is 4.39 Å². The van der Waals surface area contributed by atoms with Gasteiger partial charge in [0.15, 0.2) is 5.78 Å². The first-order chi connectivity index (χ1) is 8.73. The molecule has 0 aliphatic heterocycles. The molecule has 0 saturated carbocycles. The lowest BCUT2D eigenvalue weighted by atomic mass is 10.0. The Labute approximate surface area is 114 Å². The Morgan fingerprint density at radius 2 is 1.95 bits per heavy atom. The van der Waals surface area contributed by atoms with Crippen LogP contribution in [0.3, 0.4) is 0 Å². The maximum atomic E-state index is 13.5. The second-order valence-corrected chi connectivity index (χ2v) is 5.42. The predicted molar refractivity (Wildman–Crippen MR) is 73.8 cm³/mol. The van der Waals surface area contributed by atoms with Crippen LogP contribution in [-0.2, 0) is 6.54 Å². The van der Waals surface area contributed by atoms with Crippen LogP contribution in [0.25, 0.3) is 0 Å². The van der Waals surface area contributed by atoms with Gasteiger partial charge in [0, 0.05) is 18.2 Å². The molecule has 0 heterocycles. The monoisotopic (exact) mass is 267 g/mol. The molecule has 1 aromatic carbocycles. The number of ketones is 1. The van der Waals surface area contributed by atoms with E-state index in [1.165, 1.54) is 13.0 Å². The van der Waals surface area contributed by atoms with Crippen LogP contribution >= 0.6 is 0 Å². The highest BCUT2D eigenvalue weighted by atomic mass is 19.1. The molecule has 0 aromatic heterocycles. The predicted octanol–water partition coefficient (Wildman–Crippen LogP) is 3.21. The topological polar surface area (TPSA) is 40.5 Å². The van der Waals surface area contributed by atoms with Gasteiger partial charge in [-0.05, 0) is 38.9 Å². The zero-order valence-electron chi connectivity index (χ0n) is 12.2. The summed E-state index contributed by atoms with van der Waals surface area (Å²) in [5.74, 6) is -0.494. The Balaban J connectivity index is 3.05. The van der Waals surface area contributed by atoms with Crippen molar-refractivity contribution in [2.45, 2.75) is 40.3 Å². The third kappa shape index (κ3) is 3.77. The number of aromatic hydroxyl groups is 1. The summed E-state index contributed by atoms with van der Waals surface area (Å²) in [6.07, 6.45) is 0. The molecule has 1 aromatic rings. The molecular weight excluding hydrogens is 245 g/mol. The molecule has 1 atom stereocenters. The van der Waals surface area contributed by atoms with E-state index in [-0.39, 0.29) is 17.1 Å². The number of halogens is 1. The second kappa shape index (κ2) is 6.15. The number of hydrogen-bond acceptors (Lipinski definition) is 3. The van der Waals surface area contributed by atoms with Gasteiger partial charge in [-0.3, -0.25) is 9.69 Å². The fraction of sp³-hybridized carbons (Fsp3) is 0.533. The van der Waals surface area contributed by atoms with Gasteiger partial charge >= 0.3 is 0 Å². The van der Waals surface area contributed by atoms with Crippen molar-refractivity contribution in [2.24, 2.45) is 5.92 Å². The number of carbonyl (C=O) groups excluding carboxylic acids is 1. The Kier molecular flexibility index (Phi) is 5.06. The van der Waals surface area contributed by atoms with E-state index in [0.29, 0.717) is 24.1 Å². The lowest BCUT2D eigenvalue weighted by Gasteiger charge is -2.28. The number of benzene rings is 1. The van der Waals surface area contributed by atoms with Gasteiger partial charge in [0.05, 0.1) is 5.56 Å². The van der Waals surface area contributed by atoms with Crippen molar-refractivity contribution in [3.63, 3.8) is 0 Å². The average molecular weight is 267 g/mol. The molecule has 1 rings (SSSR count). The Bertz CT molecular complexity index is 471. The number of phenolic OH excluding ortho intramolecular Hbond substituents is 1. The minimum absolute atomic E-state index is 0.0422. The molecule has 19 heavy (non-hydrogen) atoms. The summed E-state index contributed by atoms with van der Waals surface area (Å²) < 4.78 is 13.5. The van der Waals surface area contributed by atoms with Crippen molar-refractivity contribution in [2.75, 3.05) is 7.05 Å². The smallest absolute Gasteiger partial charge is 0.163 e. The molecule has 1 unspecified atom stereocenters. The third-order valence-electron chi connectivity index (χ3n) is 3.61. The van der Waals surface area contributed by atoms with Crippen molar-refractivity contribution in [1.82, 2.24) is 4.90 Å². The average Bonchev–Trinajstić information content (AvgIpc) is 2.31. The molecule has 0 aliphatic rings. The largest absolute Gasteiger partial charge is 0.507 e. The van der Waals surface area contributed by atoms with E-state index in [4.69, 9.17) is 0 Å². The Morgan fingerprint density at radius 3 is 2.42 bits per heavy atom. The Hall–Kier alpha value is -1.42. The van der Waals surface area contributed by atoms with Gasteiger partial charge in [-0.1, -0.05) is 13.8 Å². The van der Waals surface area contributed by atoms with Crippen LogP contribution in [0.15, 0.2) is 12.1 Å². The fourth-order valence-electron chi connectivity index (χ4n) is 1.97. The van der Waals surface area contributed by atoms with Crippen LogP contribution in [-0.4, -0.2) is 28.9 Å². The summed E-state index contributed by atoms with van der Waals surface area (Å²) >= 11 is 0. The zero-order valence-corrected chi connectivity index (χ0v) is 12.2. The van der Waals surface area contributed by atoms with Gasteiger partial charge < -0.3 is 5.11 Å². The number of hydrogen-bond donors (Lipinski definition) is 1. The first kappa shape index (κ1) is 15.6. The fourth-order valence-corrected chi connectivity index (χ4v) is 1.97. The molecule has 3 nitrogen and oxygen atoms in total. The Morgan fingerprint density at radius 1 is 1.37 bits per heavy atom. The van der Waals surface area contributed by atoms with Crippen molar-refractivity contribution < 1.29 is 14.3 Å².